The first kappa shape index (κ1) is 16.6. The number of aliphatic hydroxyl groups is 1. The molecule has 0 amide bonds. The predicted molar refractivity (Wildman–Crippen MR) is 101 cm³/mol. The molecule has 1 atom stereocenters. The number of likely N-dealkylation sites (tertiary alicyclic amines) is 1. The minimum Gasteiger partial charge on any atom is -0.392 e. The molecule has 1 aromatic carbocycles. The highest BCUT2D eigenvalue weighted by Crippen LogP contribution is 2.33. The summed E-state index contributed by atoms with van der Waals surface area (Å²) in [7, 11) is 0. The maximum absolute atomic E-state index is 10.1. The Labute approximate surface area is 144 Å². The van der Waals surface area contributed by atoms with Crippen LogP contribution in [0.15, 0.2) is 61.5 Å². The molecule has 1 unspecified atom stereocenters. The van der Waals surface area contributed by atoms with E-state index in [0.717, 1.165) is 47.6 Å². The second-order valence-electron chi connectivity index (χ2n) is 7.30. The third-order valence-corrected chi connectivity index (χ3v) is 5.03. The van der Waals surface area contributed by atoms with Crippen LogP contribution >= 0.6 is 0 Å². The Hall–Kier alpha value is -2.26. The lowest BCUT2D eigenvalue weighted by molar-refractivity contribution is -0.00676. The van der Waals surface area contributed by atoms with Crippen molar-refractivity contribution >= 4 is 11.3 Å². The Morgan fingerprint density at radius 3 is 2.62 bits per heavy atom. The third-order valence-electron chi connectivity index (χ3n) is 5.03. The number of dihydropyridines is 1. The summed E-state index contributed by atoms with van der Waals surface area (Å²) in [6, 6.07) is 8.45. The number of hydrogen-bond acceptors (Lipinski definition) is 3. The number of benzene rings is 1. The number of piperidine rings is 1. The van der Waals surface area contributed by atoms with Crippen molar-refractivity contribution in [2.75, 3.05) is 13.1 Å². The monoisotopic (exact) mass is 322 g/mol. The molecule has 0 saturated carbocycles. The molecule has 126 valence electrons. The van der Waals surface area contributed by atoms with Crippen LogP contribution in [0.4, 0.5) is 0 Å². The van der Waals surface area contributed by atoms with Gasteiger partial charge in [0.1, 0.15) is 0 Å². The Morgan fingerprint density at radius 2 is 2.00 bits per heavy atom. The Morgan fingerprint density at radius 1 is 1.29 bits per heavy atom. The first-order chi connectivity index (χ1) is 11.4. The fourth-order valence-corrected chi connectivity index (χ4v) is 3.34. The number of hydrogen-bond donors (Lipinski definition) is 2. The molecule has 2 N–H and O–H groups in total. The Balaban J connectivity index is 1.76. The van der Waals surface area contributed by atoms with Crippen LogP contribution in [-0.2, 0) is 0 Å². The van der Waals surface area contributed by atoms with E-state index in [1.807, 2.05) is 12.3 Å². The molecule has 0 aliphatic carbocycles. The first-order valence-corrected chi connectivity index (χ1v) is 8.44. The van der Waals surface area contributed by atoms with Crippen molar-refractivity contribution in [1.82, 2.24) is 10.2 Å². The van der Waals surface area contributed by atoms with Crippen LogP contribution in [-0.4, -0.2) is 29.2 Å². The maximum atomic E-state index is 10.1. The summed E-state index contributed by atoms with van der Waals surface area (Å²) in [5.41, 5.74) is 5.20. The summed E-state index contributed by atoms with van der Waals surface area (Å²) in [5, 5.41) is 13.3. The van der Waals surface area contributed by atoms with Gasteiger partial charge in [-0.2, -0.15) is 0 Å². The van der Waals surface area contributed by atoms with E-state index in [4.69, 9.17) is 0 Å². The van der Waals surface area contributed by atoms with E-state index in [9.17, 15) is 5.11 Å². The van der Waals surface area contributed by atoms with Gasteiger partial charge in [-0.05, 0) is 23.6 Å². The maximum Gasteiger partial charge on any atom is 0.0624 e. The van der Waals surface area contributed by atoms with Gasteiger partial charge >= 0.3 is 0 Å². The quantitative estimate of drug-likeness (QED) is 0.889. The highest BCUT2D eigenvalue weighted by Gasteiger charge is 2.35. The molecule has 2 aliphatic heterocycles. The standard InChI is InChI=1S/C21H26N2O/c1-15-19(6-5-12-22-15)18-9-7-17(8-10-18)16(2)23-13-11-20(24)21(3,4)14-23/h5-10,12,20,22,24H,1-2,11,13-14H2,3-4H3. The molecule has 0 radical (unpaired) electrons. The van der Waals surface area contributed by atoms with E-state index >= 15 is 0 Å². The van der Waals surface area contributed by atoms with E-state index in [1.165, 1.54) is 0 Å². The number of aliphatic hydroxyl groups excluding tert-OH is 1. The molecule has 2 aliphatic rings. The first-order valence-electron chi connectivity index (χ1n) is 8.44. The highest BCUT2D eigenvalue weighted by molar-refractivity contribution is 5.81. The van der Waals surface area contributed by atoms with Gasteiger partial charge in [0.2, 0.25) is 0 Å². The molecule has 24 heavy (non-hydrogen) atoms. The molecule has 3 rings (SSSR count). The smallest absolute Gasteiger partial charge is 0.0624 e. The molecule has 0 spiro atoms. The zero-order chi connectivity index (χ0) is 17.3. The minimum atomic E-state index is -0.242. The molecule has 2 heterocycles. The summed E-state index contributed by atoms with van der Waals surface area (Å²) in [5.74, 6) is 0. The molecular weight excluding hydrogens is 296 g/mol. The highest BCUT2D eigenvalue weighted by atomic mass is 16.3. The molecule has 3 nitrogen and oxygen atoms in total. The summed E-state index contributed by atoms with van der Waals surface area (Å²) < 4.78 is 0. The van der Waals surface area contributed by atoms with Crippen LogP contribution < -0.4 is 5.32 Å². The average Bonchev–Trinajstić information content (AvgIpc) is 2.57. The van der Waals surface area contributed by atoms with E-state index in [-0.39, 0.29) is 11.5 Å². The van der Waals surface area contributed by atoms with E-state index in [1.54, 1.807) is 0 Å². The van der Waals surface area contributed by atoms with Gasteiger partial charge in [-0.15, -0.1) is 0 Å². The van der Waals surface area contributed by atoms with Gasteiger partial charge in [-0.3, -0.25) is 0 Å². The third kappa shape index (κ3) is 3.17. The van der Waals surface area contributed by atoms with Gasteiger partial charge in [0, 0.05) is 41.7 Å². The molecule has 3 heteroatoms. The lowest BCUT2D eigenvalue weighted by Crippen LogP contribution is -2.47. The van der Waals surface area contributed by atoms with Gasteiger partial charge in [0.25, 0.3) is 0 Å². The van der Waals surface area contributed by atoms with Crippen LogP contribution in [0, 0.1) is 5.41 Å². The largest absolute Gasteiger partial charge is 0.392 e. The lowest BCUT2D eigenvalue weighted by atomic mass is 9.81. The predicted octanol–water partition coefficient (Wildman–Crippen LogP) is 3.76. The van der Waals surface area contributed by atoms with Gasteiger partial charge in [-0.1, -0.05) is 57.3 Å². The molecule has 0 aromatic heterocycles. The normalized spacial score (nSPS) is 22.8. The number of nitrogens with zero attached hydrogens (tertiary/aromatic N) is 1. The second-order valence-corrected chi connectivity index (χ2v) is 7.30. The molecule has 0 bridgehead atoms. The SMILES string of the molecule is C=C1NC=CC=C1c1ccc(C(=C)N2CCC(O)C(C)(C)C2)cc1. The molecule has 1 aromatic rings. The van der Waals surface area contributed by atoms with Crippen molar-refractivity contribution in [3.05, 3.63) is 72.6 Å². The van der Waals surface area contributed by atoms with E-state index in [0.29, 0.717) is 0 Å². The van der Waals surface area contributed by atoms with Crippen molar-refractivity contribution in [3.8, 4) is 0 Å². The van der Waals surface area contributed by atoms with Gasteiger partial charge in [-0.25, -0.2) is 0 Å². The molecule has 1 saturated heterocycles. The topological polar surface area (TPSA) is 35.5 Å². The van der Waals surface area contributed by atoms with Gasteiger partial charge < -0.3 is 15.3 Å². The van der Waals surface area contributed by atoms with Crippen LogP contribution in [0.3, 0.4) is 0 Å². The Kier molecular flexibility index (Phi) is 4.37. The zero-order valence-corrected chi connectivity index (χ0v) is 14.5. The Bertz CT molecular complexity index is 710. The van der Waals surface area contributed by atoms with Gasteiger partial charge in [0.15, 0.2) is 0 Å². The van der Waals surface area contributed by atoms with Crippen LogP contribution in [0.1, 0.15) is 31.4 Å². The van der Waals surface area contributed by atoms with Crippen molar-refractivity contribution in [3.63, 3.8) is 0 Å². The zero-order valence-electron chi connectivity index (χ0n) is 14.5. The average molecular weight is 322 g/mol. The fraction of sp³-hybridized carbons (Fsp3) is 0.333. The van der Waals surface area contributed by atoms with Crippen molar-refractivity contribution in [2.45, 2.75) is 26.4 Å². The summed E-state index contributed by atoms with van der Waals surface area (Å²) in [6.45, 7) is 14.2. The number of rotatable bonds is 3. The lowest BCUT2D eigenvalue weighted by Gasteiger charge is -2.43. The number of nitrogens with one attached hydrogen (secondary N) is 1. The number of allylic oxidation sites excluding steroid dienone is 3. The summed E-state index contributed by atoms with van der Waals surface area (Å²) in [4.78, 5) is 2.28. The van der Waals surface area contributed by atoms with E-state index < -0.39 is 0 Å². The van der Waals surface area contributed by atoms with Crippen molar-refractivity contribution in [1.29, 1.82) is 0 Å². The minimum absolute atomic E-state index is 0.107. The van der Waals surface area contributed by atoms with Crippen LogP contribution in [0.5, 0.6) is 0 Å². The van der Waals surface area contributed by atoms with Crippen molar-refractivity contribution < 1.29 is 5.11 Å². The molecule has 1 fully saturated rings. The fourth-order valence-electron chi connectivity index (χ4n) is 3.34. The van der Waals surface area contributed by atoms with Crippen LogP contribution in [0.25, 0.3) is 11.3 Å². The second kappa shape index (κ2) is 6.33. The molecular formula is C21H26N2O. The summed E-state index contributed by atoms with van der Waals surface area (Å²) in [6.07, 6.45) is 6.48. The van der Waals surface area contributed by atoms with Crippen molar-refractivity contribution in [2.24, 2.45) is 5.41 Å². The summed E-state index contributed by atoms with van der Waals surface area (Å²) >= 11 is 0. The van der Waals surface area contributed by atoms with Gasteiger partial charge in [0.05, 0.1) is 6.10 Å². The van der Waals surface area contributed by atoms with E-state index in [2.05, 4.69) is 67.6 Å². The van der Waals surface area contributed by atoms with Crippen LogP contribution in [0.2, 0.25) is 0 Å².